The number of hydrogen-bond donors (Lipinski definition) is 1. The van der Waals surface area contributed by atoms with Gasteiger partial charge >= 0.3 is 0 Å². The van der Waals surface area contributed by atoms with Crippen LogP contribution in [0, 0.1) is 13.8 Å². The number of aromatic nitrogens is 1. The molecular formula is C27H24ClN3OS. The van der Waals surface area contributed by atoms with Crippen molar-refractivity contribution in [3.63, 3.8) is 0 Å². The average Bonchev–Trinajstić information content (AvgIpc) is 3.11. The van der Waals surface area contributed by atoms with Gasteiger partial charge in [0.25, 0.3) is 5.91 Å². The van der Waals surface area contributed by atoms with Gasteiger partial charge in [-0.25, -0.2) is 5.43 Å². The molecule has 1 amide bonds. The Morgan fingerprint density at radius 2 is 1.76 bits per heavy atom. The van der Waals surface area contributed by atoms with Crippen molar-refractivity contribution in [2.45, 2.75) is 24.5 Å². The number of hydrazone groups is 1. The van der Waals surface area contributed by atoms with Crippen molar-refractivity contribution in [1.82, 2.24) is 9.99 Å². The maximum absolute atomic E-state index is 12.5. The summed E-state index contributed by atoms with van der Waals surface area (Å²) in [6.07, 6.45) is 1.67. The second-order valence-corrected chi connectivity index (χ2v) is 9.12. The highest BCUT2D eigenvalue weighted by molar-refractivity contribution is 7.98. The Bertz CT molecular complexity index is 1280. The molecule has 1 N–H and O–H groups in total. The molecule has 3 aromatic carbocycles. The summed E-state index contributed by atoms with van der Waals surface area (Å²) in [5.74, 6) is 0.615. The van der Waals surface area contributed by atoms with Crippen molar-refractivity contribution in [2.24, 2.45) is 5.10 Å². The van der Waals surface area contributed by atoms with E-state index in [1.807, 2.05) is 86.6 Å². The normalized spacial score (nSPS) is 11.1. The third kappa shape index (κ3) is 5.75. The zero-order valence-electron chi connectivity index (χ0n) is 18.5. The van der Waals surface area contributed by atoms with Crippen LogP contribution in [0.2, 0.25) is 5.02 Å². The predicted octanol–water partition coefficient (Wildman–Crippen LogP) is 6.80. The van der Waals surface area contributed by atoms with Crippen molar-refractivity contribution in [1.29, 1.82) is 0 Å². The summed E-state index contributed by atoms with van der Waals surface area (Å²) in [7, 11) is 0. The van der Waals surface area contributed by atoms with Gasteiger partial charge in [0.2, 0.25) is 0 Å². The summed E-state index contributed by atoms with van der Waals surface area (Å²) in [4.78, 5) is 13.7. The Morgan fingerprint density at radius 1 is 1.00 bits per heavy atom. The number of thioether (sulfide) groups is 1. The van der Waals surface area contributed by atoms with Crippen LogP contribution in [0.1, 0.15) is 32.9 Å². The van der Waals surface area contributed by atoms with Gasteiger partial charge in [-0.15, -0.1) is 11.8 Å². The molecule has 0 spiro atoms. The van der Waals surface area contributed by atoms with Crippen molar-refractivity contribution in [2.75, 3.05) is 0 Å². The number of halogens is 1. The molecule has 1 heterocycles. The summed E-state index contributed by atoms with van der Waals surface area (Å²) in [6.45, 7) is 4.05. The van der Waals surface area contributed by atoms with Crippen LogP contribution in [0.15, 0.2) is 94.9 Å². The highest BCUT2D eigenvalue weighted by Crippen LogP contribution is 2.23. The molecule has 1 aromatic heterocycles. The molecule has 0 atom stereocenters. The van der Waals surface area contributed by atoms with E-state index < -0.39 is 0 Å². The Morgan fingerprint density at radius 3 is 2.48 bits per heavy atom. The topological polar surface area (TPSA) is 46.4 Å². The molecule has 0 radical (unpaired) electrons. The van der Waals surface area contributed by atoms with Gasteiger partial charge in [0.15, 0.2) is 0 Å². The maximum atomic E-state index is 12.5. The van der Waals surface area contributed by atoms with Gasteiger partial charge in [-0.3, -0.25) is 4.79 Å². The van der Waals surface area contributed by atoms with Crippen LogP contribution in [-0.4, -0.2) is 16.7 Å². The number of aryl methyl sites for hydroxylation is 1. The highest BCUT2D eigenvalue weighted by Gasteiger charge is 2.10. The van der Waals surface area contributed by atoms with Crippen molar-refractivity contribution < 1.29 is 4.79 Å². The van der Waals surface area contributed by atoms with E-state index in [0.29, 0.717) is 10.6 Å². The first-order chi connectivity index (χ1) is 16.0. The number of nitrogens with one attached hydrogen (secondary N) is 1. The van der Waals surface area contributed by atoms with Gasteiger partial charge in [-0.2, -0.15) is 5.10 Å². The third-order valence-electron chi connectivity index (χ3n) is 5.27. The van der Waals surface area contributed by atoms with E-state index >= 15 is 0 Å². The molecule has 0 bridgehead atoms. The first kappa shape index (κ1) is 22.9. The largest absolute Gasteiger partial charge is 0.318 e. The van der Waals surface area contributed by atoms with Gasteiger partial charge in [-0.05, 0) is 67.9 Å². The summed E-state index contributed by atoms with van der Waals surface area (Å²) < 4.78 is 2.11. The van der Waals surface area contributed by atoms with Crippen LogP contribution in [-0.2, 0) is 5.75 Å². The summed E-state index contributed by atoms with van der Waals surface area (Å²) in [5, 5.41) is 4.86. The molecule has 0 aliphatic rings. The number of hydrogen-bond acceptors (Lipinski definition) is 3. The molecule has 0 aliphatic carbocycles. The fraction of sp³-hybridized carbons (Fsp3) is 0.111. The summed E-state index contributed by atoms with van der Waals surface area (Å²) in [5.41, 5.74) is 8.37. The fourth-order valence-corrected chi connectivity index (χ4v) is 4.65. The molecular weight excluding hydrogens is 450 g/mol. The van der Waals surface area contributed by atoms with Crippen LogP contribution in [0.4, 0.5) is 0 Å². The van der Waals surface area contributed by atoms with Gasteiger partial charge in [-0.1, -0.05) is 48.0 Å². The maximum Gasteiger partial charge on any atom is 0.271 e. The van der Waals surface area contributed by atoms with Crippen LogP contribution in [0.25, 0.3) is 5.69 Å². The van der Waals surface area contributed by atoms with Gasteiger partial charge < -0.3 is 4.57 Å². The fourth-order valence-electron chi connectivity index (χ4n) is 3.59. The lowest BCUT2D eigenvalue weighted by atomic mass is 10.1. The van der Waals surface area contributed by atoms with Crippen molar-refractivity contribution >= 4 is 35.5 Å². The molecule has 4 nitrogen and oxygen atoms in total. The lowest BCUT2D eigenvalue weighted by Crippen LogP contribution is -2.17. The molecule has 0 fully saturated rings. The van der Waals surface area contributed by atoms with E-state index in [0.717, 1.165) is 34.0 Å². The molecule has 0 saturated carbocycles. The first-order valence-electron chi connectivity index (χ1n) is 10.6. The summed E-state index contributed by atoms with van der Waals surface area (Å²) >= 11 is 7.92. The standard InChI is InChI=1S/C27H24ClN3OS/c1-19-15-23(20(2)31(19)25-8-6-7-24(28)16-25)17-29-30-27(32)22-13-11-21(12-14-22)18-33-26-9-4-3-5-10-26/h3-17H,18H2,1-2H3,(H,30,32)/b29-17+. The minimum Gasteiger partial charge on any atom is -0.318 e. The lowest BCUT2D eigenvalue weighted by molar-refractivity contribution is 0.0955. The third-order valence-corrected chi connectivity index (χ3v) is 6.59. The minimum atomic E-state index is -0.239. The zero-order chi connectivity index (χ0) is 23.2. The number of benzene rings is 3. The van der Waals surface area contributed by atoms with E-state index in [1.54, 1.807) is 18.0 Å². The van der Waals surface area contributed by atoms with E-state index in [-0.39, 0.29) is 5.91 Å². The molecule has 4 aromatic rings. The molecule has 0 unspecified atom stereocenters. The number of carbonyl (C=O) groups is 1. The van der Waals surface area contributed by atoms with Gasteiger partial charge in [0.05, 0.1) is 6.21 Å². The summed E-state index contributed by atoms with van der Waals surface area (Å²) in [6, 6.07) is 27.6. The van der Waals surface area contributed by atoms with Crippen LogP contribution in [0.5, 0.6) is 0 Å². The van der Waals surface area contributed by atoms with E-state index in [1.165, 1.54) is 4.90 Å². The zero-order valence-corrected chi connectivity index (χ0v) is 20.0. The highest BCUT2D eigenvalue weighted by atomic mass is 35.5. The predicted molar refractivity (Wildman–Crippen MR) is 138 cm³/mol. The number of carbonyl (C=O) groups excluding carboxylic acids is 1. The molecule has 6 heteroatoms. The molecule has 0 saturated heterocycles. The van der Waals surface area contributed by atoms with Crippen molar-refractivity contribution in [3.05, 3.63) is 118 Å². The SMILES string of the molecule is Cc1cc(/C=N/NC(=O)c2ccc(CSc3ccccc3)cc2)c(C)n1-c1cccc(Cl)c1. The number of rotatable bonds is 7. The quantitative estimate of drug-likeness (QED) is 0.182. The van der Waals surface area contributed by atoms with E-state index in [9.17, 15) is 4.79 Å². The van der Waals surface area contributed by atoms with Crippen LogP contribution in [0.3, 0.4) is 0 Å². The first-order valence-corrected chi connectivity index (χ1v) is 11.9. The minimum absolute atomic E-state index is 0.239. The molecule has 33 heavy (non-hydrogen) atoms. The van der Waals surface area contributed by atoms with Crippen LogP contribution >= 0.6 is 23.4 Å². The Hall–Kier alpha value is -3.28. The Kier molecular flexibility index (Phi) is 7.33. The Labute approximate surface area is 203 Å². The van der Waals surface area contributed by atoms with E-state index in [4.69, 9.17) is 11.6 Å². The average molecular weight is 474 g/mol. The second-order valence-electron chi connectivity index (χ2n) is 7.64. The van der Waals surface area contributed by atoms with E-state index in [2.05, 4.69) is 27.2 Å². The smallest absolute Gasteiger partial charge is 0.271 e. The van der Waals surface area contributed by atoms with Crippen molar-refractivity contribution in [3.8, 4) is 5.69 Å². The van der Waals surface area contributed by atoms with Gasteiger partial charge in [0, 0.05) is 43.9 Å². The molecule has 0 aliphatic heterocycles. The van der Waals surface area contributed by atoms with Crippen LogP contribution < -0.4 is 5.43 Å². The number of amides is 1. The van der Waals surface area contributed by atoms with Gasteiger partial charge in [0.1, 0.15) is 0 Å². The molecule has 166 valence electrons. The lowest BCUT2D eigenvalue weighted by Gasteiger charge is -2.09. The monoisotopic (exact) mass is 473 g/mol. The number of nitrogens with zero attached hydrogens (tertiary/aromatic N) is 2. The molecule has 4 rings (SSSR count). The second kappa shape index (κ2) is 10.6. The Balaban J connectivity index is 1.38.